The predicted molar refractivity (Wildman–Crippen MR) is 62.4 cm³/mol. The van der Waals surface area contributed by atoms with Crippen LogP contribution in [0.2, 0.25) is 0 Å². The standard InChI is InChI=1S/C13H18N2/c1-4-13(9-14)15-11(3)12-7-5-6-10(2)8-12/h5-8,11,13,15H,4H2,1-3H3/t11-,13?/m1/s1. The highest BCUT2D eigenvalue weighted by Gasteiger charge is 2.10. The van der Waals surface area contributed by atoms with Crippen LogP contribution in [0.3, 0.4) is 0 Å². The minimum absolute atomic E-state index is 0.0551. The van der Waals surface area contributed by atoms with Crippen LogP contribution in [0.5, 0.6) is 0 Å². The van der Waals surface area contributed by atoms with E-state index in [0.29, 0.717) is 0 Å². The van der Waals surface area contributed by atoms with Gasteiger partial charge in [-0.15, -0.1) is 0 Å². The highest BCUT2D eigenvalue weighted by molar-refractivity contribution is 5.24. The lowest BCUT2D eigenvalue weighted by molar-refractivity contribution is 0.508. The van der Waals surface area contributed by atoms with Crippen LogP contribution >= 0.6 is 0 Å². The van der Waals surface area contributed by atoms with Gasteiger partial charge < -0.3 is 0 Å². The number of nitriles is 1. The van der Waals surface area contributed by atoms with Crippen LogP contribution in [0.1, 0.15) is 37.4 Å². The van der Waals surface area contributed by atoms with Gasteiger partial charge in [-0.1, -0.05) is 36.8 Å². The molecule has 2 nitrogen and oxygen atoms in total. The third-order valence-corrected chi connectivity index (χ3v) is 2.56. The number of benzene rings is 1. The third-order valence-electron chi connectivity index (χ3n) is 2.56. The second-order valence-corrected chi connectivity index (χ2v) is 3.89. The van der Waals surface area contributed by atoms with Crippen molar-refractivity contribution in [1.29, 1.82) is 5.26 Å². The Morgan fingerprint density at radius 2 is 2.20 bits per heavy atom. The molecule has 0 aliphatic rings. The average Bonchev–Trinajstić information content (AvgIpc) is 2.25. The van der Waals surface area contributed by atoms with Gasteiger partial charge in [-0.25, -0.2) is 0 Å². The van der Waals surface area contributed by atoms with Gasteiger partial charge in [0.2, 0.25) is 0 Å². The monoisotopic (exact) mass is 202 g/mol. The summed E-state index contributed by atoms with van der Waals surface area (Å²) in [5.74, 6) is 0. The molecule has 0 aromatic heterocycles. The fourth-order valence-corrected chi connectivity index (χ4v) is 1.58. The van der Waals surface area contributed by atoms with Crippen molar-refractivity contribution in [1.82, 2.24) is 5.32 Å². The average molecular weight is 202 g/mol. The van der Waals surface area contributed by atoms with Crippen LogP contribution in [0, 0.1) is 18.3 Å². The van der Waals surface area contributed by atoms with Crippen molar-refractivity contribution in [3.63, 3.8) is 0 Å². The summed E-state index contributed by atoms with van der Waals surface area (Å²) in [5, 5.41) is 12.2. The van der Waals surface area contributed by atoms with Crippen molar-refractivity contribution < 1.29 is 0 Å². The Morgan fingerprint density at radius 3 is 2.73 bits per heavy atom. The van der Waals surface area contributed by atoms with Crippen LogP contribution < -0.4 is 5.32 Å². The van der Waals surface area contributed by atoms with Gasteiger partial charge in [0.1, 0.15) is 0 Å². The Labute approximate surface area is 91.9 Å². The van der Waals surface area contributed by atoms with E-state index in [1.807, 2.05) is 6.92 Å². The normalized spacial score (nSPS) is 14.3. The molecule has 1 aromatic rings. The highest BCUT2D eigenvalue weighted by atomic mass is 14.9. The minimum atomic E-state index is -0.0551. The summed E-state index contributed by atoms with van der Waals surface area (Å²) in [4.78, 5) is 0. The molecule has 0 radical (unpaired) electrons. The van der Waals surface area contributed by atoms with Crippen molar-refractivity contribution in [2.75, 3.05) is 0 Å². The molecule has 0 spiro atoms. The first-order chi connectivity index (χ1) is 7.17. The summed E-state index contributed by atoms with van der Waals surface area (Å²) in [7, 11) is 0. The van der Waals surface area contributed by atoms with Crippen LogP contribution in [0.25, 0.3) is 0 Å². The van der Waals surface area contributed by atoms with Crippen LogP contribution in [0.4, 0.5) is 0 Å². The number of rotatable bonds is 4. The molecular formula is C13H18N2. The van der Waals surface area contributed by atoms with Gasteiger partial charge >= 0.3 is 0 Å². The first-order valence-electron chi connectivity index (χ1n) is 5.39. The summed E-state index contributed by atoms with van der Waals surface area (Å²) in [5.41, 5.74) is 2.50. The fraction of sp³-hybridized carbons (Fsp3) is 0.462. The topological polar surface area (TPSA) is 35.8 Å². The number of nitrogens with one attached hydrogen (secondary N) is 1. The zero-order valence-corrected chi connectivity index (χ0v) is 9.62. The van der Waals surface area contributed by atoms with Gasteiger partial charge in [0.15, 0.2) is 0 Å². The molecular weight excluding hydrogens is 184 g/mol. The number of hydrogen-bond acceptors (Lipinski definition) is 2. The second-order valence-electron chi connectivity index (χ2n) is 3.89. The highest BCUT2D eigenvalue weighted by Crippen LogP contribution is 2.14. The maximum Gasteiger partial charge on any atom is 0.0954 e. The summed E-state index contributed by atoms with van der Waals surface area (Å²) in [6.07, 6.45) is 0.840. The first kappa shape index (κ1) is 11.7. The van der Waals surface area contributed by atoms with E-state index in [1.165, 1.54) is 11.1 Å². The van der Waals surface area contributed by atoms with Crippen LogP contribution in [0.15, 0.2) is 24.3 Å². The van der Waals surface area contributed by atoms with E-state index in [4.69, 9.17) is 5.26 Å². The molecule has 1 rings (SSSR count). The molecule has 0 heterocycles. The summed E-state index contributed by atoms with van der Waals surface area (Å²) in [6, 6.07) is 10.8. The van der Waals surface area contributed by atoms with E-state index in [0.717, 1.165) is 6.42 Å². The Balaban J connectivity index is 2.69. The molecule has 0 saturated heterocycles. The maximum atomic E-state index is 8.86. The zero-order valence-electron chi connectivity index (χ0n) is 9.62. The fourth-order valence-electron chi connectivity index (χ4n) is 1.58. The molecule has 0 fully saturated rings. The summed E-state index contributed by atoms with van der Waals surface area (Å²) in [6.45, 7) is 6.19. The largest absolute Gasteiger partial charge is 0.295 e. The van der Waals surface area contributed by atoms with Crippen molar-refractivity contribution in [2.45, 2.75) is 39.3 Å². The second kappa shape index (κ2) is 5.53. The molecule has 1 unspecified atom stereocenters. The van der Waals surface area contributed by atoms with E-state index in [9.17, 15) is 0 Å². The van der Waals surface area contributed by atoms with E-state index in [-0.39, 0.29) is 12.1 Å². The summed E-state index contributed by atoms with van der Waals surface area (Å²) < 4.78 is 0. The number of hydrogen-bond donors (Lipinski definition) is 1. The van der Waals surface area contributed by atoms with Crippen molar-refractivity contribution in [3.05, 3.63) is 35.4 Å². The third kappa shape index (κ3) is 3.38. The van der Waals surface area contributed by atoms with E-state index >= 15 is 0 Å². The Morgan fingerprint density at radius 1 is 1.47 bits per heavy atom. The molecule has 1 aromatic carbocycles. The van der Waals surface area contributed by atoms with Crippen molar-refractivity contribution in [3.8, 4) is 6.07 Å². The Bertz CT molecular complexity index is 352. The molecule has 0 aliphatic carbocycles. The van der Waals surface area contributed by atoms with Crippen LogP contribution in [-0.4, -0.2) is 6.04 Å². The SMILES string of the molecule is CCC(C#N)N[C@H](C)c1cccc(C)c1. The first-order valence-corrected chi connectivity index (χ1v) is 5.39. The van der Waals surface area contributed by atoms with Gasteiger partial charge in [0.05, 0.1) is 12.1 Å². The van der Waals surface area contributed by atoms with Gasteiger partial charge in [0.25, 0.3) is 0 Å². The molecule has 2 atom stereocenters. The Hall–Kier alpha value is -1.33. The zero-order chi connectivity index (χ0) is 11.3. The molecule has 0 bridgehead atoms. The molecule has 2 heteroatoms. The molecule has 0 amide bonds. The molecule has 0 saturated carbocycles. The van der Waals surface area contributed by atoms with Gasteiger partial charge in [0, 0.05) is 6.04 Å². The van der Waals surface area contributed by atoms with E-state index in [1.54, 1.807) is 0 Å². The van der Waals surface area contributed by atoms with E-state index in [2.05, 4.69) is 49.5 Å². The van der Waals surface area contributed by atoms with Crippen molar-refractivity contribution >= 4 is 0 Å². The summed E-state index contributed by atoms with van der Waals surface area (Å²) >= 11 is 0. The molecule has 80 valence electrons. The molecule has 1 N–H and O–H groups in total. The quantitative estimate of drug-likeness (QED) is 0.814. The van der Waals surface area contributed by atoms with Gasteiger partial charge in [-0.2, -0.15) is 5.26 Å². The lowest BCUT2D eigenvalue weighted by Gasteiger charge is -2.17. The maximum absolute atomic E-state index is 8.86. The molecule has 0 aliphatic heterocycles. The van der Waals surface area contributed by atoms with Crippen molar-refractivity contribution in [2.24, 2.45) is 0 Å². The van der Waals surface area contributed by atoms with E-state index < -0.39 is 0 Å². The number of nitrogens with zero attached hydrogens (tertiary/aromatic N) is 1. The Kier molecular flexibility index (Phi) is 4.33. The lowest BCUT2D eigenvalue weighted by atomic mass is 10.0. The number of aryl methyl sites for hydroxylation is 1. The smallest absolute Gasteiger partial charge is 0.0954 e. The van der Waals surface area contributed by atoms with Crippen LogP contribution in [-0.2, 0) is 0 Å². The van der Waals surface area contributed by atoms with Gasteiger partial charge in [-0.3, -0.25) is 5.32 Å². The minimum Gasteiger partial charge on any atom is -0.295 e. The predicted octanol–water partition coefficient (Wildman–Crippen LogP) is 2.95. The van der Waals surface area contributed by atoms with Gasteiger partial charge in [-0.05, 0) is 25.8 Å². The lowest BCUT2D eigenvalue weighted by Crippen LogP contribution is -2.29. The molecule has 15 heavy (non-hydrogen) atoms.